The minimum Gasteiger partial charge on any atom is -0.493 e. The lowest BCUT2D eigenvalue weighted by Gasteiger charge is -2.12. The molecule has 0 spiro atoms. The highest BCUT2D eigenvalue weighted by Gasteiger charge is 2.12. The molecular weight excluding hydrogens is 312 g/mol. The maximum absolute atomic E-state index is 11.6. The van der Waals surface area contributed by atoms with E-state index >= 15 is 0 Å². The summed E-state index contributed by atoms with van der Waals surface area (Å²) in [6, 6.07) is 12.3. The van der Waals surface area contributed by atoms with Gasteiger partial charge in [0.2, 0.25) is 5.75 Å². The maximum Gasteiger partial charge on any atom is 0.437 e. The number of para-hydroxylation sites is 1. The molecule has 0 radical (unpaired) electrons. The lowest BCUT2D eigenvalue weighted by molar-refractivity contribution is 0.167. The van der Waals surface area contributed by atoms with Crippen molar-refractivity contribution in [2.75, 3.05) is 26.6 Å². The Kier molecular flexibility index (Phi) is 6.01. The summed E-state index contributed by atoms with van der Waals surface area (Å²) < 4.78 is 15.7. The van der Waals surface area contributed by atoms with Crippen molar-refractivity contribution in [1.29, 1.82) is 0 Å². The van der Waals surface area contributed by atoms with Crippen molar-refractivity contribution in [3.63, 3.8) is 0 Å². The van der Waals surface area contributed by atoms with Crippen LogP contribution in [-0.4, -0.2) is 33.6 Å². The van der Waals surface area contributed by atoms with Gasteiger partial charge >= 0.3 is 6.09 Å². The van der Waals surface area contributed by atoms with Crippen LogP contribution in [0.3, 0.4) is 0 Å². The van der Waals surface area contributed by atoms with Gasteiger partial charge in [-0.2, -0.15) is 0 Å². The number of hydrogen-bond donors (Lipinski definition) is 1. The van der Waals surface area contributed by atoms with Gasteiger partial charge in [-0.05, 0) is 24.3 Å². The number of carbonyl (C=O) groups is 1. The molecule has 2 rings (SSSR count). The van der Waals surface area contributed by atoms with E-state index in [1.165, 1.54) is 27.5 Å². The molecule has 2 aromatic carbocycles. The lowest BCUT2D eigenvalue weighted by atomic mass is 10.2. The summed E-state index contributed by atoms with van der Waals surface area (Å²) >= 11 is 0. The highest BCUT2D eigenvalue weighted by Crippen LogP contribution is 2.37. The molecule has 2 aromatic rings. The summed E-state index contributed by atoms with van der Waals surface area (Å²) in [4.78, 5) is 16.4. The molecule has 0 fully saturated rings. The van der Waals surface area contributed by atoms with E-state index in [-0.39, 0.29) is 0 Å². The molecule has 0 bridgehead atoms. The summed E-state index contributed by atoms with van der Waals surface area (Å²) in [6.07, 6.45) is 0.680. The molecule has 126 valence electrons. The van der Waals surface area contributed by atoms with Gasteiger partial charge in [0.1, 0.15) is 0 Å². The van der Waals surface area contributed by atoms with Crippen LogP contribution in [0.25, 0.3) is 0 Å². The van der Waals surface area contributed by atoms with Gasteiger partial charge in [-0.25, -0.2) is 4.79 Å². The van der Waals surface area contributed by atoms with Crippen LogP contribution in [0.2, 0.25) is 0 Å². The van der Waals surface area contributed by atoms with Gasteiger partial charge in [-0.3, -0.25) is 10.2 Å². The highest BCUT2D eigenvalue weighted by atomic mass is 16.7. The molecule has 7 heteroatoms. The van der Waals surface area contributed by atoms with Crippen LogP contribution in [0.15, 0.2) is 47.6 Å². The lowest BCUT2D eigenvalue weighted by Crippen LogP contribution is -2.10. The third kappa shape index (κ3) is 4.39. The van der Waals surface area contributed by atoms with Gasteiger partial charge in [0.15, 0.2) is 11.5 Å². The number of nitrogens with one attached hydrogen (secondary N) is 1. The number of rotatable bonds is 6. The van der Waals surface area contributed by atoms with Crippen molar-refractivity contribution in [1.82, 2.24) is 0 Å². The first kappa shape index (κ1) is 17.1. The third-order valence-electron chi connectivity index (χ3n) is 3.04. The van der Waals surface area contributed by atoms with Crippen molar-refractivity contribution in [3.8, 4) is 17.2 Å². The fraction of sp³-hybridized carbons (Fsp3) is 0.176. The first-order valence-corrected chi connectivity index (χ1v) is 7.04. The predicted octanol–water partition coefficient (Wildman–Crippen LogP) is 3.30. The smallest absolute Gasteiger partial charge is 0.437 e. The number of carbonyl (C=O) groups excluding carboxylic acids is 1. The number of oxime groups is 1. The highest BCUT2D eigenvalue weighted by molar-refractivity contribution is 5.86. The van der Waals surface area contributed by atoms with Crippen LogP contribution < -0.4 is 19.5 Å². The van der Waals surface area contributed by atoms with E-state index in [2.05, 4.69) is 10.5 Å². The number of hydrogen-bond acceptors (Lipinski definition) is 6. The van der Waals surface area contributed by atoms with E-state index in [0.29, 0.717) is 28.5 Å². The van der Waals surface area contributed by atoms with E-state index in [0.717, 1.165) is 0 Å². The number of nitrogens with zero attached hydrogens (tertiary/aromatic N) is 1. The van der Waals surface area contributed by atoms with Gasteiger partial charge in [0.25, 0.3) is 0 Å². The van der Waals surface area contributed by atoms with E-state index in [4.69, 9.17) is 19.0 Å². The molecule has 0 saturated heterocycles. The van der Waals surface area contributed by atoms with Gasteiger partial charge in [-0.15, -0.1) is 0 Å². The zero-order valence-electron chi connectivity index (χ0n) is 13.6. The molecule has 0 heterocycles. The average molecular weight is 330 g/mol. The first-order chi connectivity index (χ1) is 11.7. The molecule has 0 aromatic heterocycles. The molecule has 0 saturated carbocycles. The van der Waals surface area contributed by atoms with E-state index < -0.39 is 6.09 Å². The normalized spacial score (nSPS) is 10.3. The molecule has 0 atom stereocenters. The summed E-state index contributed by atoms with van der Waals surface area (Å²) in [5, 5.41) is 6.20. The molecule has 1 amide bonds. The Morgan fingerprint density at radius 1 is 1.00 bits per heavy atom. The Morgan fingerprint density at radius 2 is 1.62 bits per heavy atom. The second-order valence-corrected chi connectivity index (χ2v) is 4.56. The second-order valence-electron chi connectivity index (χ2n) is 4.56. The maximum atomic E-state index is 11.6. The van der Waals surface area contributed by atoms with Gasteiger partial charge in [0, 0.05) is 11.3 Å². The van der Waals surface area contributed by atoms with Crippen LogP contribution in [0, 0.1) is 0 Å². The quantitative estimate of drug-likeness (QED) is 0.499. The Morgan fingerprint density at radius 3 is 2.17 bits per heavy atom. The molecule has 7 nitrogen and oxygen atoms in total. The Bertz CT molecular complexity index is 691. The summed E-state index contributed by atoms with van der Waals surface area (Å²) in [7, 11) is 4.55. The minimum atomic E-state index is -0.690. The SMILES string of the molecule is COc1cc(/C=N\OC(=O)Nc2ccccc2)cc(OC)c1OC. The Balaban J connectivity index is 2.04. The minimum absolute atomic E-state index is 0.472. The molecule has 0 aliphatic rings. The third-order valence-corrected chi connectivity index (χ3v) is 3.04. The Hall–Kier alpha value is -3.22. The standard InChI is InChI=1S/C17H18N2O5/c1-21-14-9-12(10-15(22-2)16(14)23-3)11-18-24-17(20)19-13-7-5-4-6-8-13/h4-11H,1-3H3,(H,19,20)/b18-11-. The second kappa shape index (κ2) is 8.42. The van der Waals surface area contributed by atoms with Gasteiger partial charge in [0.05, 0.1) is 27.5 Å². The zero-order chi connectivity index (χ0) is 17.4. The van der Waals surface area contributed by atoms with E-state index in [1.807, 2.05) is 6.07 Å². The van der Waals surface area contributed by atoms with Gasteiger partial charge in [-0.1, -0.05) is 23.4 Å². The van der Waals surface area contributed by atoms with E-state index in [9.17, 15) is 4.79 Å². The van der Waals surface area contributed by atoms with Crippen molar-refractivity contribution in [2.45, 2.75) is 0 Å². The van der Waals surface area contributed by atoms with Crippen LogP contribution in [0.1, 0.15) is 5.56 Å². The number of benzene rings is 2. The zero-order valence-corrected chi connectivity index (χ0v) is 13.6. The number of anilines is 1. The topological polar surface area (TPSA) is 78.4 Å². The molecule has 0 aliphatic carbocycles. The number of ether oxygens (including phenoxy) is 3. The monoisotopic (exact) mass is 330 g/mol. The Labute approximate surface area is 139 Å². The van der Waals surface area contributed by atoms with Crippen LogP contribution in [0.4, 0.5) is 10.5 Å². The molecule has 24 heavy (non-hydrogen) atoms. The van der Waals surface area contributed by atoms with Crippen LogP contribution >= 0.6 is 0 Å². The molecule has 0 aliphatic heterocycles. The summed E-state index contributed by atoms with van der Waals surface area (Å²) in [5.41, 5.74) is 1.24. The average Bonchev–Trinajstić information content (AvgIpc) is 2.61. The first-order valence-electron chi connectivity index (χ1n) is 7.04. The molecule has 0 unspecified atom stereocenters. The van der Waals surface area contributed by atoms with Crippen molar-refractivity contribution < 1.29 is 23.8 Å². The molecular formula is C17H18N2O5. The van der Waals surface area contributed by atoms with Crippen molar-refractivity contribution in [3.05, 3.63) is 48.0 Å². The predicted molar refractivity (Wildman–Crippen MR) is 90.2 cm³/mol. The van der Waals surface area contributed by atoms with Crippen molar-refractivity contribution in [2.24, 2.45) is 5.16 Å². The largest absolute Gasteiger partial charge is 0.493 e. The number of amides is 1. The summed E-state index contributed by atoms with van der Waals surface area (Å²) in [6.45, 7) is 0. The fourth-order valence-electron chi connectivity index (χ4n) is 1.97. The van der Waals surface area contributed by atoms with Gasteiger partial charge < -0.3 is 14.2 Å². The molecule has 1 N–H and O–H groups in total. The van der Waals surface area contributed by atoms with E-state index in [1.54, 1.807) is 36.4 Å². The fourth-order valence-corrected chi connectivity index (χ4v) is 1.97. The van der Waals surface area contributed by atoms with Crippen LogP contribution in [-0.2, 0) is 4.84 Å². The number of methoxy groups -OCH3 is 3. The van der Waals surface area contributed by atoms with Crippen LogP contribution in [0.5, 0.6) is 17.2 Å². The summed E-state index contributed by atoms with van der Waals surface area (Å²) in [5.74, 6) is 1.43. The van der Waals surface area contributed by atoms with Crippen molar-refractivity contribution >= 4 is 18.0 Å².